The van der Waals surface area contributed by atoms with Crippen molar-refractivity contribution in [2.75, 3.05) is 0 Å². The predicted octanol–water partition coefficient (Wildman–Crippen LogP) is 4.34. The number of halogens is 2. The van der Waals surface area contributed by atoms with Crippen LogP contribution >= 0.6 is 43.2 Å². The second-order valence-corrected chi connectivity index (χ2v) is 6.62. The predicted molar refractivity (Wildman–Crippen MR) is 82.3 cm³/mol. The van der Waals surface area contributed by atoms with Crippen LogP contribution in [0.1, 0.15) is 21.5 Å². The molecule has 0 spiro atoms. The van der Waals surface area contributed by atoms with Gasteiger partial charge >= 0.3 is 0 Å². The Morgan fingerprint density at radius 1 is 1.22 bits per heavy atom. The molecule has 0 aliphatic carbocycles. The Kier molecular flexibility index (Phi) is 4.97. The molecule has 18 heavy (non-hydrogen) atoms. The van der Waals surface area contributed by atoms with Crippen LogP contribution in [0.4, 0.5) is 0 Å². The van der Waals surface area contributed by atoms with Gasteiger partial charge in [-0.3, -0.25) is 4.79 Å². The van der Waals surface area contributed by atoms with Crippen LogP contribution in [0.15, 0.2) is 39.5 Å². The molecule has 0 aliphatic rings. The van der Waals surface area contributed by atoms with Gasteiger partial charge in [0.2, 0.25) is 0 Å². The number of benzene rings is 1. The second-order valence-electron chi connectivity index (χ2n) is 3.77. The van der Waals surface area contributed by atoms with Crippen LogP contribution in [0, 0.1) is 0 Å². The van der Waals surface area contributed by atoms with E-state index in [1.807, 2.05) is 23.6 Å². The third-order valence-electron chi connectivity index (χ3n) is 2.46. The maximum atomic E-state index is 11.8. The Labute approximate surface area is 127 Å². The number of rotatable bonds is 4. The first-order valence-electron chi connectivity index (χ1n) is 5.35. The molecule has 1 amide bonds. The summed E-state index contributed by atoms with van der Waals surface area (Å²) in [6, 6.07) is 9.99. The van der Waals surface area contributed by atoms with E-state index >= 15 is 0 Å². The third-order valence-corrected chi connectivity index (χ3v) is 4.61. The van der Waals surface area contributed by atoms with Gasteiger partial charge in [0, 0.05) is 17.3 Å². The lowest BCUT2D eigenvalue weighted by atomic mass is 10.1. The fourth-order valence-corrected chi connectivity index (χ4v) is 2.97. The Morgan fingerprint density at radius 2 is 1.89 bits per heavy atom. The van der Waals surface area contributed by atoms with Crippen molar-refractivity contribution in [3.63, 3.8) is 0 Å². The molecule has 0 radical (unpaired) electrons. The lowest BCUT2D eigenvalue weighted by Crippen LogP contribution is -2.22. The van der Waals surface area contributed by atoms with Crippen molar-refractivity contribution in [1.82, 2.24) is 5.32 Å². The SMILES string of the molecule is O=C(NCc1ccc(CBr)cc1)c1csc(Br)c1. The van der Waals surface area contributed by atoms with Crippen molar-refractivity contribution >= 4 is 49.1 Å². The molecule has 0 aliphatic heterocycles. The third kappa shape index (κ3) is 3.67. The maximum absolute atomic E-state index is 11.8. The second kappa shape index (κ2) is 6.50. The maximum Gasteiger partial charge on any atom is 0.252 e. The van der Waals surface area contributed by atoms with Crippen LogP contribution in [0.2, 0.25) is 0 Å². The van der Waals surface area contributed by atoms with Gasteiger partial charge in [-0.2, -0.15) is 0 Å². The monoisotopic (exact) mass is 387 g/mol. The van der Waals surface area contributed by atoms with Gasteiger partial charge < -0.3 is 5.32 Å². The average Bonchev–Trinajstić information content (AvgIpc) is 2.83. The highest BCUT2D eigenvalue weighted by molar-refractivity contribution is 9.11. The summed E-state index contributed by atoms with van der Waals surface area (Å²) >= 11 is 8.26. The summed E-state index contributed by atoms with van der Waals surface area (Å²) in [6.07, 6.45) is 0. The number of nitrogens with one attached hydrogen (secondary N) is 1. The van der Waals surface area contributed by atoms with E-state index in [1.165, 1.54) is 16.9 Å². The molecule has 0 fully saturated rings. The van der Waals surface area contributed by atoms with E-state index in [0.29, 0.717) is 12.1 Å². The van der Waals surface area contributed by atoms with Crippen LogP contribution in [0.5, 0.6) is 0 Å². The van der Waals surface area contributed by atoms with E-state index in [-0.39, 0.29) is 5.91 Å². The van der Waals surface area contributed by atoms with Gasteiger partial charge in [-0.25, -0.2) is 0 Å². The van der Waals surface area contributed by atoms with E-state index in [0.717, 1.165) is 14.7 Å². The van der Waals surface area contributed by atoms with Crippen molar-refractivity contribution < 1.29 is 4.79 Å². The first-order chi connectivity index (χ1) is 8.69. The first-order valence-corrected chi connectivity index (χ1v) is 8.14. The Morgan fingerprint density at radius 3 is 2.44 bits per heavy atom. The van der Waals surface area contributed by atoms with Gasteiger partial charge in [-0.1, -0.05) is 40.2 Å². The van der Waals surface area contributed by atoms with Gasteiger partial charge in [0.1, 0.15) is 0 Å². The summed E-state index contributed by atoms with van der Waals surface area (Å²) in [5, 5.41) is 5.59. The molecule has 1 aromatic heterocycles. The van der Waals surface area contributed by atoms with Gasteiger partial charge in [-0.15, -0.1) is 11.3 Å². The van der Waals surface area contributed by atoms with Gasteiger partial charge in [0.05, 0.1) is 9.35 Å². The molecule has 5 heteroatoms. The van der Waals surface area contributed by atoms with Crippen LogP contribution in [-0.2, 0) is 11.9 Å². The van der Waals surface area contributed by atoms with Crippen LogP contribution in [0.25, 0.3) is 0 Å². The van der Waals surface area contributed by atoms with Crippen molar-refractivity contribution in [2.24, 2.45) is 0 Å². The fraction of sp³-hybridized carbons (Fsp3) is 0.154. The van der Waals surface area contributed by atoms with Crippen LogP contribution < -0.4 is 5.32 Å². The normalized spacial score (nSPS) is 10.3. The lowest BCUT2D eigenvalue weighted by Gasteiger charge is -2.04. The quantitative estimate of drug-likeness (QED) is 0.775. The summed E-state index contributed by atoms with van der Waals surface area (Å²) in [5.41, 5.74) is 3.03. The van der Waals surface area contributed by atoms with Crippen molar-refractivity contribution in [3.05, 3.63) is 56.2 Å². The molecule has 2 aromatic rings. The van der Waals surface area contributed by atoms with E-state index in [1.54, 1.807) is 0 Å². The molecule has 1 aromatic carbocycles. The average molecular weight is 389 g/mol. The molecule has 0 bridgehead atoms. The minimum absolute atomic E-state index is 0.0403. The largest absolute Gasteiger partial charge is 0.348 e. The number of hydrogen-bond acceptors (Lipinski definition) is 2. The molecule has 94 valence electrons. The molecule has 1 heterocycles. The van der Waals surface area contributed by atoms with Crippen LogP contribution in [-0.4, -0.2) is 5.91 Å². The zero-order valence-corrected chi connectivity index (χ0v) is 13.4. The van der Waals surface area contributed by atoms with Crippen molar-refractivity contribution in [3.8, 4) is 0 Å². The van der Waals surface area contributed by atoms with E-state index in [4.69, 9.17) is 0 Å². The zero-order valence-electron chi connectivity index (χ0n) is 9.45. The van der Waals surface area contributed by atoms with Gasteiger partial charge in [-0.05, 0) is 33.1 Å². The van der Waals surface area contributed by atoms with Crippen molar-refractivity contribution in [2.45, 2.75) is 11.9 Å². The van der Waals surface area contributed by atoms with Gasteiger partial charge in [0.25, 0.3) is 5.91 Å². The number of carbonyl (C=O) groups excluding carboxylic acids is 1. The van der Waals surface area contributed by atoms with E-state index in [9.17, 15) is 4.79 Å². The smallest absolute Gasteiger partial charge is 0.252 e. The molecular formula is C13H11Br2NOS. The minimum Gasteiger partial charge on any atom is -0.348 e. The summed E-state index contributed by atoms with van der Waals surface area (Å²) in [5.74, 6) is -0.0403. The minimum atomic E-state index is -0.0403. The molecular weight excluding hydrogens is 378 g/mol. The number of hydrogen-bond donors (Lipinski definition) is 1. The standard InChI is InChI=1S/C13H11Br2NOS/c14-6-9-1-3-10(4-2-9)7-16-13(17)11-5-12(15)18-8-11/h1-5,8H,6-7H2,(H,16,17). The Balaban J connectivity index is 1.92. The van der Waals surface area contributed by atoms with Crippen molar-refractivity contribution in [1.29, 1.82) is 0 Å². The van der Waals surface area contributed by atoms with Crippen LogP contribution in [0.3, 0.4) is 0 Å². The van der Waals surface area contributed by atoms with E-state index < -0.39 is 0 Å². The summed E-state index contributed by atoms with van der Waals surface area (Å²) < 4.78 is 0.967. The molecule has 0 saturated heterocycles. The molecule has 0 unspecified atom stereocenters. The first kappa shape index (κ1) is 13.8. The topological polar surface area (TPSA) is 29.1 Å². The summed E-state index contributed by atoms with van der Waals surface area (Å²) in [6.45, 7) is 0.550. The molecule has 0 saturated carbocycles. The summed E-state index contributed by atoms with van der Waals surface area (Å²) in [4.78, 5) is 11.8. The molecule has 0 atom stereocenters. The number of carbonyl (C=O) groups is 1. The highest BCUT2D eigenvalue weighted by Gasteiger charge is 2.07. The fourth-order valence-electron chi connectivity index (χ4n) is 1.46. The molecule has 2 nitrogen and oxygen atoms in total. The Bertz CT molecular complexity index is 536. The number of amides is 1. The highest BCUT2D eigenvalue weighted by atomic mass is 79.9. The molecule has 1 N–H and O–H groups in total. The lowest BCUT2D eigenvalue weighted by molar-refractivity contribution is 0.0951. The number of alkyl halides is 1. The molecule has 2 rings (SSSR count). The highest BCUT2D eigenvalue weighted by Crippen LogP contribution is 2.20. The van der Waals surface area contributed by atoms with E-state index in [2.05, 4.69) is 49.3 Å². The Hall–Kier alpha value is -0.650. The van der Waals surface area contributed by atoms with Gasteiger partial charge in [0.15, 0.2) is 0 Å². The number of thiophene rings is 1. The zero-order chi connectivity index (χ0) is 13.0. The summed E-state index contributed by atoms with van der Waals surface area (Å²) in [7, 11) is 0.